The van der Waals surface area contributed by atoms with Crippen LogP contribution in [0.5, 0.6) is 0 Å². The molecule has 2 aromatic rings. The summed E-state index contributed by atoms with van der Waals surface area (Å²) in [4.78, 5) is 1.14. The van der Waals surface area contributed by atoms with Gasteiger partial charge in [0, 0.05) is 12.6 Å². The van der Waals surface area contributed by atoms with E-state index >= 15 is 0 Å². The molecule has 0 bridgehead atoms. The van der Waals surface area contributed by atoms with Crippen LogP contribution in [0.25, 0.3) is 11.3 Å². The summed E-state index contributed by atoms with van der Waals surface area (Å²) in [7, 11) is 5.35. The predicted molar refractivity (Wildman–Crippen MR) is 77.8 cm³/mol. The van der Waals surface area contributed by atoms with Gasteiger partial charge in [0.25, 0.3) is 0 Å². The quantitative estimate of drug-likeness (QED) is 0.777. The molecular weight excluding hydrogens is 272 g/mol. The van der Waals surface area contributed by atoms with E-state index in [1.807, 2.05) is 30.9 Å². The van der Waals surface area contributed by atoms with Gasteiger partial charge in [-0.25, -0.2) is 0 Å². The average molecular weight is 285 g/mol. The molecule has 0 atom stereocenters. The van der Waals surface area contributed by atoms with Gasteiger partial charge in [-0.05, 0) is 24.8 Å². The number of rotatable bonds is 3. The van der Waals surface area contributed by atoms with Gasteiger partial charge in [0.05, 0.1) is 21.8 Å². The number of hydrogen-bond acceptors (Lipinski definition) is 3. The molecule has 2 rings (SSSR count). The lowest BCUT2D eigenvalue weighted by Gasteiger charge is -2.08. The van der Waals surface area contributed by atoms with Crippen molar-refractivity contribution >= 4 is 33.2 Å². The molecule has 0 aliphatic rings. The van der Waals surface area contributed by atoms with Crippen molar-refractivity contribution in [1.29, 1.82) is 0 Å². The van der Waals surface area contributed by atoms with E-state index in [0.717, 1.165) is 21.2 Å². The van der Waals surface area contributed by atoms with Crippen LogP contribution < -0.4 is 0 Å². The molecule has 0 spiro atoms. The lowest BCUT2D eigenvalue weighted by molar-refractivity contribution is 0.775. The van der Waals surface area contributed by atoms with E-state index in [2.05, 4.69) is 23.5 Å². The summed E-state index contributed by atoms with van der Waals surface area (Å²) < 4.78 is 1.87. The van der Waals surface area contributed by atoms with Gasteiger partial charge in [0.1, 0.15) is 0 Å². The topological polar surface area (TPSA) is 17.8 Å². The largest absolute Gasteiger partial charge is 0.267 e. The summed E-state index contributed by atoms with van der Waals surface area (Å²) in [6.07, 6.45) is 3.94. The summed E-state index contributed by atoms with van der Waals surface area (Å²) in [5.41, 5.74) is 3.28. The number of halogens is 1. The molecule has 0 amide bonds. The van der Waals surface area contributed by atoms with E-state index in [-0.39, 0.29) is 0 Å². The van der Waals surface area contributed by atoms with Crippen molar-refractivity contribution in [2.45, 2.75) is 11.8 Å². The van der Waals surface area contributed by atoms with Crippen molar-refractivity contribution in [3.05, 3.63) is 35.0 Å². The normalized spacial score (nSPS) is 10.8. The van der Waals surface area contributed by atoms with Gasteiger partial charge < -0.3 is 0 Å². The third kappa shape index (κ3) is 2.64. The predicted octanol–water partition coefficient (Wildman–Crippen LogP) is 4.42. The Hall–Kier alpha value is -0.580. The molecule has 2 nitrogen and oxygen atoms in total. The fourth-order valence-electron chi connectivity index (χ4n) is 1.69. The Morgan fingerprint density at radius 1 is 1.35 bits per heavy atom. The van der Waals surface area contributed by atoms with E-state index < -0.39 is 0 Å². The summed E-state index contributed by atoms with van der Waals surface area (Å²) >= 11 is 6.31. The number of aryl methyl sites for hydroxylation is 2. The molecule has 17 heavy (non-hydrogen) atoms. The Morgan fingerprint density at radius 3 is 2.76 bits per heavy atom. The van der Waals surface area contributed by atoms with Gasteiger partial charge >= 0.3 is 0 Å². The maximum Gasteiger partial charge on any atom is 0.0838 e. The molecule has 90 valence electrons. The van der Waals surface area contributed by atoms with Gasteiger partial charge in [0.2, 0.25) is 0 Å². The molecule has 0 saturated carbocycles. The first-order valence-electron chi connectivity index (χ1n) is 5.12. The zero-order valence-electron chi connectivity index (χ0n) is 9.90. The molecule has 0 radical (unpaired) electrons. The van der Waals surface area contributed by atoms with Crippen molar-refractivity contribution in [3.63, 3.8) is 0 Å². The summed E-state index contributed by atoms with van der Waals surface area (Å²) in [5.74, 6) is 0. The minimum Gasteiger partial charge on any atom is -0.267 e. The van der Waals surface area contributed by atoms with Crippen LogP contribution in [-0.2, 0) is 7.05 Å². The van der Waals surface area contributed by atoms with E-state index in [1.54, 1.807) is 21.6 Å². The zero-order chi connectivity index (χ0) is 12.4. The number of aromatic nitrogens is 2. The smallest absolute Gasteiger partial charge is 0.0838 e. The summed E-state index contributed by atoms with van der Waals surface area (Å²) in [6.45, 7) is 2.04. The Bertz CT molecular complexity index is 537. The molecular formula is C12H13ClN2S2. The van der Waals surface area contributed by atoms with Crippen molar-refractivity contribution in [1.82, 2.24) is 9.78 Å². The maximum atomic E-state index is 6.31. The standard InChI is InChI=1S/C12H13ClN2S2/c1-8-4-5-9(10(13)6-8)12-11(17-16-3)7-14-15(12)2/h4-7H,1-3H3. The van der Waals surface area contributed by atoms with Crippen LogP contribution in [0.3, 0.4) is 0 Å². The SMILES string of the molecule is CSSc1cnn(C)c1-c1ccc(C)cc1Cl. The molecule has 0 fully saturated rings. The van der Waals surface area contributed by atoms with Gasteiger partial charge in [-0.2, -0.15) is 5.10 Å². The van der Waals surface area contributed by atoms with Gasteiger partial charge in [-0.15, -0.1) is 0 Å². The molecule has 0 saturated heterocycles. The fourth-order valence-corrected chi connectivity index (χ4v) is 3.51. The Morgan fingerprint density at radius 2 is 2.12 bits per heavy atom. The van der Waals surface area contributed by atoms with E-state index in [1.165, 1.54) is 5.56 Å². The van der Waals surface area contributed by atoms with Crippen LogP contribution in [0, 0.1) is 6.92 Å². The van der Waals surface area contributed by atoms with E-state index in [4.69, 9.17) is 11.6 Å². The highest BCUT2D eigenvalue weighted by atomic mass is 35.5. The number of hydrogen-bond donors (Lipinski definition) is 0. The number of benzene rings is 1. The van der Waals surface area contributed by atoms with Crippen LogP contribution in [0.4, 0.5) is 0 Å². The van der Waals surface area contributed by atoms with Crippen molar-refractivity contribution < 1.29 is 0 Å². The zero-order valence-corrected chi connectivity index (χ0v) is 12.3. The molecule has 0 unspecified atom stereocenters. The fraction of sp³-hybridized carbons (Fsp3) is 0.250. The lowest BCUT2D eigenvalue weighted by atomic mass is 10.1. The first-order chi connectivity index (χ1) is 8.13. The van der Waals surface area contributed by atoms with Gasteiger partial charge in [-0.3, -0.25) is 4.68 Å². The van der Waals surface area contributed by atoms with Crippen molar-refractivity contribution in [2.24, 2.45) is 7.05 Å². The van der Waals surface area contributed by atoms with Gasteiger partial charge in [0.15, 0.2) is 0 Å². The van der Waals surface area contributed by atoms with Crippen LogP contribution in [0.15, 0.2) is 29.3 Å². The monoisotopic (exact) mass is 284 g/mol. The van der Waals surface area contributed by atoms with Gasteiger partial charge in [-0.1, -0.05) is 45.3 Å². The molecule has 0 aliphatic heterocycles. The summed E-state index contributed by atoms with van der Waals surface area (Å²) in [5, 5.41) is 5.07. The third-order valence-electron chi connectivity index (χ3n) is 2.46. The molecule has 1 aromatic carbocycles. The van der Waals surface area contributed by atoms with Crippen molar-refractivity contribution in [2.75, 3.05) is 6.26 Å². The maximum absolute atomic E-state index is 6.31. The minimum absolute atomic E-state index is 0.775. The second-order valence-corrected chi connectivity index (χ2v) is 6.56. The van der Waals surface area contributed by atoms with Crippen molar-refractivity contribution in [3.8, 4) is 11.3 Å². The first-order valence-corrected chi connectivity index (χ1v) is 8.06. The minimum atomic E-state index is 0.775. The van der Waals surface area contributed by atoms with Crippen LogP contribution in [0.1, 0.15) is 5.56 Å². The number of nitrogens with zero attached hydrogens (tertiary/aromatic N) is 2. The van der Waals surface area contributed by atoms with E-state index in [0.29, 0.717) is 0 Å². The molecule has 1 heterocycles. The first kappa shape index (κ1) is 12.9. The third-order valence-corrected chi connectivity index (χ3v) is 4.45. The highest BCUT2D eigenvalue weighted by Crippen LogP contribution is 2.39. The molecule has 5 heteroatoms. The Labute approximate surface area is 114 Å². The molecule has 1 aromatic heterocycles. The van der Waals surface area contributed by atoms with Crippen LogP contribution in [0.2, 0.25) is 5.02 Å². The molecule has 0 N–H and O–H groups in total. The average Bonchev–Trinajstić information content (AvgIpc) is 2.62. The Kier molecular flexibility index (Phi) is 4.07. The van der Waals surface area contributed by atoms with E-state index in [9.17, 15) is 0 Å². The Balaban J connectivity index is 2.55. The second kappa shape index (κ2) is 5.38. The summed E-state index contributed by atoms with van der Waals surface area (Å²) in [6, 6.07) is 6.11. The molecule has 0 aliphatic carbocycles. The van der Waals surface area contributed by atoms with Crippen LogP contribution in [-0.4, -0.2) is 16.0 Å². The lowest BCUT2D eigenvalue weighted by Crippen LogP contribution is -1.94. The highest BCUT2D eigenvalue weighted by Gasteiger charge is 2.14. The highest BCUT2D eigenvalue weighted by molar-refractivity contribution is 8.76. The van der Waals surface area contributed by atoms with Crippen LogP contribution >= 0.6 is 33.2 Å². The second-order valence-electron chi connectivity index (χ2n) is 3.71.